The summed E-state index contributed by atoms with van der Waals surface area (Å²) in [6, 6.07) is 10.7. The third-order valence-corrected chi connectivity index (χ3v) is 4.09. The van der Waals surface area contributed by atoms with Crippen molar-refractivity contribution in [1.29, 1.82) is 0 Å². The van der Waals surface area contributed by atoms with Gasteiger partial charge >= 0.3 is 0 Å². The predicted molar refractivity (Wildman–Crippen MR) is 75.5 cm³/mol. The molecule has 2 nitrogen and oxygen atoms in total. The van der Waals surface area contributed by atoms with Gasteiger partial charge in [-0.25, -0.2) is 0 Å². The Labute approximate surface area is 111 Å². The minimum absolute atomic E-state index is 0.239. The molecule has 1 aliphatic rings. The van der Waals surface area contributed by atoms with E-state index in [1.54, 1.807) is 0 Å². The van der Waals surface area contributed by atoms with Crippen molar-refractivity contribution >= 4 is 0 Å². The van der Waals surface area contributed by atoms with Crippen molar-refractivity contribution in [2.45, 2.75) is 51.2 Å². The molecule has 2 heteroatoms. The van der Waals surface area contributed by atoms with E-state index in [4.69, 9.17) is 10.5 Å². The van der Waals surface area contributed by atoms with E-state index in [1.807, 2.05) is 6.07 Å². The number of benzene rings is 1. The lowest BCUT2D eigenvalue weighted by molar-refractivity contribution is 0.000781. The fourth-order valence-electron chi connectivity index (χ4n) is 2.77. The van der Waals surface area contributed by atoms with Gasteiger partial charge in [0.05, 0.1) is 12.7 Å². The first-order valence-electron chi connectivity index (χ1n) is 7.20. The zero-order valence-corrected chi connectivity index (χ0v) is 11.3. The highest BCUT2D eigenvalue weighted by Gasteiger charge is 2.27. The molecule has 0 amide bonds. The van der Waals surface area contributed by atoms with Gasteiger partial charge < -0.3 is 10.5 Å². The summed E-state index contributed by atoms with van der Waals surface area (Å²) in [5.41, 5.74) is 7.49. The molecule has 1 saturated carbocycles. The zero-order chi connectivity index (χ0) is 12.8. The van der Waals surface area contributed by atoms with Gasteiger partial charge in [0.2, 0.25) is 0 Å². The average molecular weight is 247 g/mol. The number of hydrogen-bond acceptors (Lipinski definition) is 2. The van der Waals surface area contributed by atoms with Crippen molar-refractivity contribution < 1.29 is 4.74 Å². The first-order chi connectivity index (χ1) is 8.79. The molecule has 0 bridgehead atoms. The molecule has 100 valence electrons. The van der Waals surface area contributed by atoms with Crippen LogP contribution in [0.25, 0.3) is 0 Å². The molecular weight excluding hydrogens is 222 g/mol. The summed E-state index contributed by atoms with van der Waals surface area (Å²) >= 11 is 0. The third kappa shape index (κ3) is 3.82. The maximum Gasteiger partial charge on any atom is 0.0728 e. The lowest BCUT2D eigenvalue weighted by atomic mass is 9.83. The highest BCUT2D eigenvalue weighted by atomic mass is 16.5. The minimum atomic E-state index is 0.239. The summed E-state index contributed by atoms with van der Waals surface area (Å²) in [6.45, 7) is 3.06. The van der Waals surface area contributed by atoms with Gasteiger partial charge in [-0.05, 0) is 37.2 Å². The third-order valence-electron chi connectivity index (χ3n) is 4.09. The van der Waals surface area contributed by atoms with Gasteiger partial charge in [0, 0.05) is 6.04 Å². The van der Waals surface area contributed by atoms with Crippen molar-refractivity contribution in [3.63, 3.8) is 0 Å². The van der Waals surface area contributed by atoms with E-state index in [0.717, 1.165) is 31.8 Å². The maximum atomic E-state index is 6.15. The van der Waals surface area contributed by atoms with Gasteiger partial charge in [0.15, 0.2) is 0 Å². The highest BCUT2D eigenvalue weighted by Crippen LogP contribution is 2.27. The predicted octanol–water partition coefficient (Wildman–Crippen LogP) is 3.15. The average Bonchev–Trinajstić information content (AvgIpc) is 2.42. The van der Waals surface area contributed by atoms with Crippen molar-refractivity contribution in [1.82, 2.24) is 0 Å². The highest BCUT2D eigenvalue weighted by molar-refractivity contribution is 5.14. The Morgan fingerprint density at radius 1 is 1.22 bits per heavy atom. The summed E-state index contributed by atoms with van der Waals surface area (Å²) in [4.78, 5) is 0. The van der Waals surface area contributed by atoms with Gasteiger partial charge in [0.25, 0.3) is 0 Å². The van der Waals surface area contributed by atoms with Gasteiger partial charge in [-0.3, -0.25) is 0 Å². The number of nitrogens with two attached hydrogens (primary N) is 1. The van der Waals surface area contributed by atoms with Crippen molar-refractivity contribution in [2.24, 2.45) is 11.7 Å². The Hall–Kier alpha value is -0.860. The van der Waals surface area contributed by atoms with E-state index in [-0.39, 0.29) is 12.1 Å². The Bertz CT molecular complexity index is 338. The Kier molecular flexibility index (Phi) is 5.21. The summed E-state index contributed by atoms with van der Waals surface area (Å²) in [5.74, 6) is 0.812. The second kappa shape index (κ2) is 6.91. The molecule has 0 radical (unpaired) electrons. The number of hydrogen-bond donors (Lipinski definition) is 1. The molecule has 1 aromatic rings. The lowest BCUT2D eigenvalue weighted by Crippen LogP contribution is -2.42. The molecule has 0 aromatic heterocycles. The Morgan fingerprint density at radius 2 is 2.00 bits per heavy atom. The first kappa shape index (κ1) is 13.6. The summed E-state index contributed by atoms with van der Waals surface area (Å²) in [6.07, 6.45) is 6.05. The van der Waals surface area contributed by atoms with Crippen LogP contribution in [-0.4, -0.2) is 18.8 Å². The maximum absolute atomic E-state index is 6.15. The van der Waals surface area contributed by atoms with Crippen LogP contribution >= 0.6 is 0 Å². The molecule has 0 heterocycles. The van der Waals surface area contributed by atoms with Gasteiger partial charge in [-0.2, -0.15) is 0 Å². The van der Waals surface area contributed by atoms with Crippen LogP contribution in [0.2, 0.25) is 0 Å². The van der Waals surface area contributed by atoms with Crippen molar-refractivity contribution in [3.05, 3.63) is 35.9 Å². The quantitative estimate of drug-likeness (QED) is 0.867. The molecule has 3 unspecified atom stereocenters. The second-order valence-electron chi connectivity index (χ2n) is 5.40. The molecule has 1 aliphatic carbocycles. The lowest BCUT2D eigenvalue weighted by Gasteiger charge is -2.33. The first-order valence-corrected chi connectivity index (χ1v) is 7.20. The van der Waals surface area contributed by atoms with E-state index in [2.05, 4.69) is 31.2 Å². The second-order valence-corrected chi connectivity index (χ2v) is 5.40. The Morgan fingerprint density at radius 3 is 2.72 bits per heavy atom. The minimum Gasteiger partial charge on any atom is -0.376 e. The molecule has 0 saturated heterocycles. The Balaban J connectivity index is 1.75. The summed E-state index contributed by atoms with van der Waals surface area (Å²) in [7, 11) is 0. The molecule has 2 rings (SSSR count). The number of rotatable bonds is 5. The SMILES string of the molecule is CCC1CCC(N)C(OCCc2ccccc2)C1. The summed E-state index contributed by atoms with van der Waals surface area (Å²) in [5, 5.41) is 0. The number of ether oxygens (including phenoxy) is 1. The van der Waals surface area contributed by atoms with Gasteiger partial charge in [-0.1, -0.05) is 43.7 Å². The van der Waals surface area contributed by atoms with Crippen molar-refractivity contribution in [3.8, 4) is 0 Å². The fourth-order valence-corrected chi connectivity index (χ4v) is 2.77. The molecular formula is C16H25NO. The smallest absolute Gasteiger partial charge is 0.0728 e. The van der Waals surface area contributed by atoms with E-state index in [1.165, 1.54) is 18.4 Å². The molecule has 18 heavy (non-hydrogen) atoms. The van der Waals surface area contributed by atoms with Crippen molar-refractivity contribution in [2.75, 3.05) is 6.61 Å². The fraction of sp³-hybridized carbons (Fsp3) is 0.625. The van der Waals surface area contributed by atoms with Crippen LogP contribution < -0.4 is 5.73 Å². The normalized spacial score (nSPS) is 28.2. The van der Waals surface area contributed by atoms with E-state index in [0.29, 0.717) is 0 Å². The van der Waals surface area contributed by atoms with Gasteiger partial charge in [-0.15, -0.1) is 0 Å². The van der Waals surface area contributed by atoms with E-state index < -0.39 is 0 Å². The monoisotopic (exact) mass is 247 g/mol. The van der Waals surface area contributed by atoms with Crippen LogP contribution in [0.4, 0.5) is 0 Å². The topological polar surface area (TPSA) is 35.2 Å². The molecule has 3 atom stereocenters. The van der Waals surface area contributed by atoms with Crippen LogP contribution in [0, 0.1) is 5.92 Å². The van der Waals surface area contributed by atoms with Crippen LogP contribution in [0.1, 0.15) is 38.2 Å². The van der Waals surface area contributed by atoms with E-state index >= 15 is 0 Å². The molecule has 2 N–H and O–H groups in total. The largest absolute Gasteiger partial charge is 0.376 e. The van der Waals surface area contributed by atoms with Crippen LogP contribution in [-0.2, 0) is 11.2 Å². The van der Waals surface area contributed by atoms with Crippen LogP contribution in [0.15, 0.2) is 30.3 Å². The molecule has 0 spiro atoms. The zero-order valence-electron chi connectivity index (χ0n) is 11.3. The van der Waals surface area contributed by atoms with Gasteiger partial charge in [0.1, 0.15) is 0 Å². The van der Waals surface area contributed by atoms with Crippen LogP contribution in [0.3, 0.4) is 0 Å². The standard InChI is InChI=1S/C16H25NO/c1-2-13-8-9-15(17)16(12-13)18-11-10-14-6-4-3-5-7-14/h3-7,13,15-16H,2,8-12,17H2,1H3. The van der Waals surface area contributed by atoms with Crippen LogP contribution in [0.5, 0.6) is 0 Å². The molecule has 0 aliphatic heterocycles. The van der Waals surface area contributed by atoms with E-state index in [9.17, 15) is 0 Å². The summed E-state index contributed by atoms with van der Waals surface area (Å²) < 4.78 is 6.01. The molecule has 1 fully saturated rings. The molecule has 1 aromatic carbocycles.